The number of hydrogen-bond donors (Lipinski definition) is 1. The maximum Gasteiger partial charge on any atom is 0.142 e. The molecule has 0 fully saturated rings. The molecule has 2 N–H and O–H groups in total. The smallest absolute Gasteiger partial charge is 0.142 e. The number of carbonyl (C=O) groups is 1. The fraction of sp³-hybridized carbons (Fsp3) is 0.562. The van der Waals surface area contributed by atoms with Crippen LogP contribution in [0.1, 0.15) is 44.6 Å². The van der Waals surface area contributed by atoms with Gasteiger partial charge in [-0.2, -0.15) is 0 Å². The molecule has 0 saturated carbocycles. The molecule has 1 aromatic rings. The number of carbonyl (C=O) groups excluding carboxylic acids is 1. The predicted octanol–water partition coefficient (Wildman–Crippen LogP) is 4.14. The van der Waals surface area contributed by atoms with Crippen LogP contribution in [0.25, 0.3) is 0 Å². The Labute approximate surface area is 125 Å². The quantitative estimate of drug-likeness (QED) is 0.745. The minimum atomic E-state index is -0.469. The molecule has 0 bridgehead atoms. The third-order valence-electron chi connectivity index (χ3n) is 3.49. The molecule has 1 atom stereocenters. The van der Waals surface area contributed by atoms with Crippen LogP contribution in [0.4, 0.5) is 4.39 Å². The number of Topliss-reactive ketones (excluding diaryl/α,β-unsaturated/α-hetero) is 1. The summed E-state index contributed by atoms with van der Waals surface area (Å²) >= 11 is 5.62. The number of halogens is 2. The Hall–Kier alpha value is -0.930. The van der Waals surface area contributed by atoms with Crippen LogP contribution in [0.3, 0.4) is 0 Å². The fourth-order valence-corrected chi connectivity index (χ4v) is 2.53. The van der Waals surface area contributed by atoms with Crippen molar-refractivity contribution >= 4 is 17.4 Å². The van der Waals surface area contributed by atoms with E-state index in [2.05, 4.69) is 6.92 Å². The number of benzene rings is 1. The maximum absolute atomic E-state index is 13.3. The van der Waals surface area contributed by atoms with E-state index in [0.717, 1.165) is 25.7 Å². The van der Waals surface area contributed by atoms with Gasteiger partial charge in [-0.05, 0) is 43.0 Å². The summed E-state index contributed by atoms with van der Waals surface area (Å²) in [4.78, 5) is 11.9. The van der Waals surface area contributed by atoms with Crippen LogP contribution in [0.2, 0.25) is 5.02 Å². The first-order chi connectivity index (χ1) is 9.56. The summed E-state index contributed by atoms with van der Waals surface area (Å²) in [5, 5.41) is 0.0900. The summed E-state index contributed by atoms with van der Waals surface area (Å²) in [6, 6.07) is 4.53. The first-order valence-electron chi connectivity index (χ1n) is 7.22. The van der Waals surface area contributed by atoms with E-state index in [1.165, 1.54) is 12.1 Å². The van der Waals surface area contributed by atoms with Gasteiger partial charge in [0.15, 0.2) is 0 Å². The number of ketones is 1. The second kappa shape index (κ2) is 9.09. The zero-order chi connectivity index (χ0) is 15.0. The van der Waals surface area contributed by atoms with Crippen molar-refractivity contribution in [3.8, 4) is 0 Å². The van der Waals surface area contributed by atoms with Gasteiger partial charge in [0.25, 0.3) is 0 Å². The van der Waals surface area contributed by atoms with Gasteiger partial charge in [-0.1, -0.05) is 37.4 Å². The zero-order valence-corrected chi connectivity index (χ0v) is 12.8. The van der Waals surface area contributed by atoms with E-state index in [1.807, 2.05) is 0 Å². The highest BCUT2D eigenvalue weighted by atomic mass is 35.5. The van der Waals surface area contributed by atoms with Crippen molar-refractivity contribution in [2.24, 2.45) is 11.7 Å². The SMILES string of the molecule is CCCC(CCN)CCC(=O)Cc1ccc(Cl)c(F)c1. The van der Waals surface area contributed by atoms with Crippen molar-refractivity contribution in [2.75, 3.05) is 6.54 Å². The minimum absolute atomic E-state index is 0.0900. The molecule has 0 aromatic heterocycles. The van der Waals surface area contributed by atoms with E-state index >= 15 is 0 Å². The van der Waals surface area contributed by atoms with Crippen LogP contribution in [-0.2, 0) is 11.2 Å². The van der Waals surface area contributed by atoms with Crippen LogP contribution in [0.5, 0.6) is 0 Å². The molecule has 0 heterocycles. The van der Waals surface area contributed by atoms with Crippen molar-refractivity contribution in [3.63, 3.8) is 0 Å². The zero-order valence-electron chi connectivity index (χ0n) is 12.0. The van der Waals surface area contributed by atoms with Crippen molar-refractivity contribution < 1.29 is 9.18 Å². The minimum Gasteiger partial charge on any atom is -0.330 e. The summed E-state index contributed by atoms with van der Waals surface area (Å²) in [7, 11) is 0. The average Bonchev–Trinajstić information content (AvgIpc) is 2.41. The molecule has 112 valence electrons. The van der Waals surface area contributed by atoms with Crippen LogP contribution in [0, 0.1) is 11.7 Å². The first-order valence-corrected chi connectivity index (χ1v) is 7.60. The molecule has 2 nitrogen and oxygen atoms in total. The topological polar surface area (TPSA) is 43.1 Å². The Balaban J connectivity index is 2.44. The Morgan fingerprint density at radius 1 is 1.35 bits per heavy atom. The van der Waals surface area contributed by atoms with Gasteiger partial charge >= 0.3 is 0 Å². The number of nitrogens with two attached hydrogens (primary N) is 1. The van der Waals surface area contributed by atoms with E-state index < -0.39 is 5.82 Å². The lowest BCUT2D eigenvalue weighted by molar-refractivity contribution is -0.118. The predicted molar refractivity (Wildman–Crippen MR) is 81.4 cm³/mol. The van der Waals surface area contributed by atoms with Crippen molar-refractivity contribution in [3.05, 3.63) is 34.6 Å². The van der Waals surface area contributed by atoms with Gasteiger partial charge in [0.1, 0.15) is 11.6 Å². The molecule has 1 rings (SSSR count). The number of hydrogen-bond acceptors (Lipinski definition) is 2. The third-order valence-corrected chi connectivity index (χ3v) is 3.80. The van der Waals surface area contributed by atoms with Gasteiger partial charge in [0.2, 0.25) is 0 Å². The number of rotatable bonds is 9. The van der Waals surface area contributed by atoms with Gasteiger partial charge in [-0.15, -0.1) is 0 Å². The highest BCUT2D eigenvalue weighted by Gasteiger charge is 2.11. The Kier molecular flexibility index (Phi) is 7.78. The monoisotopic (exact) mass is 299 g/mol. The average molecular weight is 300 g/mol. The molecule has 0 amide bonds. The maximum atomic E-state index is 13.3. The molecule has 20 heavy (non-hydrogen) atoms. The molecule has 0 aliphatic carbocycles. The molecule has 0 aliphatic heterocycles. The first kappa shape index (κ1) is 17.1. The molecule has 0 spiro atoms. The largest absolute Gasteiger partial charge is 0.330 e. The highest BCUT2D eigenvalue weighted by molar-refractivity contribution is 6.30. The van der Waals surface area contributed by atoms with E-state index in [0.29, 0.717) is 24.4 Å². The lowest BCUT2D eigenvalue weighted by atomic mass is 9.92. The normalized spacial score (nSPS) is 12.4. The fourth-order valence-electron chi connectivity index (χ4n) is 2.41. The summed E-state index contributed by atoms with van der Waals surface area (Å²) < 4.78 is 13.3. The Morgan fingerprint density at radius 3 is 2.70 bits per heavy atom. The van der Waals surface area contributed by atoms with Crippen LogP contribution >= 0.6 is 11.6 Å². The summed E-state index contributed by atoms with van der Waals surface area (Å²) in [5.74, 6) is 0.199. The second-order valence-corrected chi connectivity index (χ2v) is 5.64. The third kappa shape index (κ3) is 6.02. The Bertz CT molecular complexity index is 430. The summed E-state index contributed by atoms with van der Waals surface area (Å²) in [5.41, 5.74) is 6.26. The van der Waals surface area contributed by atoms with Crippen LogP contribution in [-0.4, -0.2) is 12.3 Å². The van der Waals surface area contributed by atoms with Crippen molar-refractivity contribution in [2.45, 2.75) is 45.4 Å². The molecule has 1 unspecified atom stereocenters. The second-order valence-electron chi connectivity index (χ2n) is 5.23. The molecular formula is C16H23ClFNO. The summed E-state index contributed by atoms with van der Waals surface area (Å²) in [6.07, 6.45) is 4.88. The van der Waals surface area contributed by atoms with E-state index in [9.17, 15) is 9.18 Å². The molecular weight excluding hydrogens is 277 g/mol. The standard InChI is InChI=1S/C16H23ClFNO/c1-2-3-12(8-9-19)4-6-14(20)10-13-5-7-15(17)16(18)11-13/h5,7,11-12H,2-4,6,8-10,19H2,1H3. The van der Waals surface area contributed by atoms with Gasteiger partial charge in [0, 0.05) is 12.8 Å². The van der Waals surface area contributed by atoms with E-state index in [-0.39, 0.29) is 17.2 Å². The van der Waals surface area contributed by atoms with Gasteiger partial charge < -0.3 is 5.73 Å². The Morgan fingerprint density at radius 2 is 2.10 bits per heavy atom. The lowest BCUT2D eigenvalue weighted by Gasteiger charge is -2.14. The molecule has 0 aliphatic rings. The van der Waals surface area contributed by atoms with Gasteiger partial charge in [-0.25, -0.2) is 4.39 Å². The molecule has 1 aromatic carbocycles. The molecule has 4 heteroatoms. The van der Waals surface area contributed by atoms with Crippen LogP contribution < -0.4 is 5.73 Å². The molecule has 0 radical (unpaired) electrons. The van der Waals surface area contributed by atoms with Crippen LogP contribution in [0.15, 0.2) is 18.2 Å². The van der Waals surface area contributed by atoms with Gasteiger partial charge in [0.05, 0.1) is 5.02 Å². The van der Waals surface area contributed by atoms with Crippen molar-refractivity contribution in [1.29, 1.82) is 0 Å². The van der Waals surface area contributed by atoms with Crippen molar-refractivity contribution in [1.82, 2.24) is 0 Å². The highest BCUT2D eigenvalue weighted by Crippen LogP contribution is 2.19. The van der Waals surface area contributed by atoms with E-state index in [1.54, 1.807) is 6.07 Å². The lowest BCUT2D eigenvalue weighted by Crippen LogP contribution is -2.11. The molecule has 0 saturated heterocycles. The van der Waals surface area contributed by atoms with Gasteiger partial charge in [-0.3, -0.25) is 4.79 Å². The van der Waals surface area contributed by atoms with E-state index in [4.69, 9.17) is 17.3 Å². The summed E-state index contributed by atoms with van der Waals surface area (Å²) in [6.45, 7) is 2.81.